The standard InChI is InChI=1S/C13H16N2O2/c1-8(2)15-12(16)10(4)11-9(3)6-5-7-14(11)13(15)17/h5-8H,1-4H3. The number of hydrogen-bond donors (Lipinski definition) is 0. The molecule has 90 valence electrons. The highest BCUT2D eigenvalue weighted by Crippen LogP contribution is 2.10. The Balaban J connectivity index is 3.12. The Morgan fingerprint density at radius 2 is 1.82 bits per heavy atom. The van der Waals surface area contributed by atoms with E-state index in [1.165, 1.54) is 4.57 Å². The van der Waals surface area contributed by atoms with Gasteiger partial charge in [-0.3, -0.25) is 13.8 Å². The monoisotopic (exact) mass is 232 g/mol. The number of aromatic nitrogens is 2. The summed E-state index contributed by atoms with van der Waals surface area (Å²) in [5, 5.41) is 0. The molecule has 4 nitrogen and oxygen atoms in total. The number of rotatable bonds is 1. The lowest BCUT2D eigenvalue weighted by Crippen LogP contribution is -2.40. The molecule has 0 aromatic carbocycles. The first-order valence-electron chi connectivity index (χ1n) is 5.68. The van der Waals surface area contributed by atoms with Crippen LogP contribution < -0.4 is 11.2 Å². The molecule has 2 aromatic heterocycles. The predicted molar refractivity (Wildman–Crippen MR) is 67.8 cm³/mol. The van der Waals surface area contributed by atoms with E-state index in [0.717, 1.165) is 11.1 Å². The smallest absolute Gasteiger partial charge is 0.269 e. The predicted octanol–water partition coefficient (Wildman–Crippen LogP) is 1.66. The van der Waals surface area contributed by atoms with Gasteiger partial charge in [-0.15, -0.1) is 0 Å². The average Bonchev–Trinajstić information content (AvgIpc) is 2.25. The van der Waals surface area contributed by atoms with Gasteiger partial charge in [0.25, 0.3) is 5.56 Å². The summed E-state index contributed by atoms with van der Waals surface area (Å²) in [6.07, 6.45) is 1.70. The zero-order valence-electron chi connectivity index (χ0n) is 10.5. The van der Waals surface area contributed by atoms with Crippen LogP contribution in [-0.4, -0.2) is 8.97 Å². The first-order chi connectivity index (χ1) is 7.95. The van der Waals surface area contributed by atoms with Gasteiger partial charge in [0.15, 0.2) is 0 Å². The van der Waals surface area contributed by atoms with Crippen molar-refractivity contribution in [3.05, 3.63) is 50.3 Å². The number of pyridine rings is 1. The van der Waals surface area contributed by atoms with E-state index in [1.807, 2.05) is 32.9 Å². The van der Waals surface area contributed by atoms with Crippen LogP contribution in [0.3, 0.4) is 0 Å². The van der Waals surface area contributed by atoms with Crippen LogP contribution in [0.25, 0.3) is 5.52 Å². The summed E-state index contributed by atoms with van der Waals surface area (Å²) in [7, 11) is 0. The van der Waals surface area contributed by atoms with Gasteiger partial charge < -0.3 is 0 Å². The van der Waals surface area contributed by atoms with E-state index in [0.29, 0.717) is 5.56 Å². The van der Waals surface area contributed by atoms with Crippen molar-refractivity contribution in [2.75, 3.05) is 0 Å². The van der Waals surface area contributed by atoms with E-state index in [-0.39, 0.29) is 17.3 Å². The molecular formula is C13H16N2O2. The van der Waals surface area contributed by atoms with Crippen LogP contribution in [0.2, 0.25) is 0 Å². The quantitative estimate of drug-likeness (QED) is 0.750. The molecular weight excluding hydrogens is 216 g/mol. The van der Waals surface area contributed by atoms with Crippen LogP contribution in [0.1, 0.15) is 31.0 Å². The molecule has 0 N–H and O–H groups in total. The Kier molecular flexibility index (Phi) is 2.65. The van der Waals surface area contributed by atoms with Gasteiger partial charge >= 0.3 is 5.69 Å². The Bertz CT molecular complexity index is 693. The van der Waals surface area contributed by atoms with E-state index in [9.17, 15) is 9.59 Å². The van der Waals surface area contributed by atoms with Crippen LogP contribution in [0.4, 0.5) is 0 Å². The van der Waals surface area contributed by atoms with Gasteiger partial charge in [0.1, 0.15) is 0 Å². The molecule has 2 rings (SSSR count). The first kappa shape index (κ1) is 11.6. The molecule has 17 heavy (non-hydrogen) atoms. The third-order valence-corrected chi connectivity index (χ3v) is 3.02. The summed E-state index contributed by atoms with van der Waals surface area (Å²) in [4.78, 5) is 24.4. The topological polar surface area (TPSA) is 43.5 Å². The van der Waals surface area contributed by atoms with Gasteiger partial charge in [-0.05, 0) is 39.3 Å². The van der Waals surface area contributed by atoms with Gasteiger partial charge in [0, 0.05) is 17.8 Å². The lowest BCUT2D eigenvalue weighted by molar-refractivity contribution is 0.538. The van der Waals surface area contributed by atoms with Crippen LogP contribution >= 0.6 is 0 Å². The van der Waals surface area contributed by atoms with Crippen molar-refractivity contribution in [3.8, 4) is 0 Å². The molecule has 0 unspecified atom stereocenters. The summed E-state index contributed by atoms with van der Waals surface area (Å²) in [6, 6.07) is 3.59. The van der Waals surface area contributed by atoms with Crippen LogP contribution in [0.5, 0.6) is 0 Å². The summed E-state index contributed by atoms with van der Waals surface area (Å²) < 4.78 is 2.84. The number of hydrogen-bond acceptors (Lipinski definition) is 2. The molecule has 0 amide bonds. The molecule has 0 saturated heterocycles. The normalized spacial score (nSPS) is 11.4. The largest absolute Gasteiger partial charge is 0.335 e. The molecule has 0 radical (unpaired) electrons. The van der Waals surface area contributed by atoms with Gasteiger partial charge in [0.2, 0.25) is 0 Å². The summed E-state index contributed by atoms with van der Waals surface area (Å²) in [5.74, 6) is 0. The van der Waals surface area contributed by atoms with Gasteiger partial charge in [-0.1, -0.05) is 6.07 Å². The molecule has 0 aliphatic heterocycles. The Morgan fingerprint density at radius 1 is 1.18 bits per heavy atom. The lowest BCUT2D eigenvalue weighted by Gasteiger charge is -2.13. The maximum absolute atomic E-state index is 12.2. The van der Waals surface area contributed by atoms with E-state index >= 15 is 0 Å². The second-order valence-electron chi connectivity index (χ2n) is 4.59. The minimum Gasteiger partial charge on any atom is -0.269 e. The average molecular weight is 232 g/mol. The van der Waals surface area contributed by atoms with Gasteiger partial charge in [-0.2, -0.15) is 0 Å². The molecule has 0 aliphatic carbocycles. The zero-order valence-corrected chi connectivity index (χ0v) is 10.5. The van der Waals surface area contributed by atoms with E-state index < -0.39 is 0 Å². The molecule has 0 atom stereocenters. The summed E-state index contributed by atoms with van der Waals surface area (Å²) in [6.45, 7) is 7.35. The lowest BCUT2D eigenvalue weighted by atomic mass is 10.1. The first-order valence-corrected chi connectivity index (χ1v) is 5.68. The van der Waals surface area contributed by atoms with E-state index in [2.05, 4.69) is 0 Å². The third-order valence-electron chi connectivity index (χ3n) is 3.02. The minimum atomic E-state index is -0.269. The van der Waals surface area contributed by atoms with Crippen molar-refractivity contribution in [2.24, 2.45) is 0 Å². The van der Waals surface area contributed by atoms with Gasteiger partial charge in [-0.25, -0.2) is 4.79 Å². The van der Waals surface area contributed by atoms with E-state index in [4.69, 9.17) is 0 Å². The molecule has 4 heteroatoms. The van der Waals surface area contributed by atoms with Crippen molar-refractivity contribution in [1.29, 1.82) is 0 Å². The zero-order chi connectivity index (χ0) is 12.7. The van der Waals surface area contributed by atoms with Crippen molar-refractivity contribution >= 4 is 5.52 Å². The fourth-order valence-electron chi connectivity index (χ4n) is 2.19. The Hall–Kier alpha value is -1.84. The van der Waals surface area contributed by atoms with Crippen molar-refractivity contribution in [3.63, 3.8) is 0 Å². The molecule has 0 bridgehead atoms. The summed E-state index contributed by atoms with van der Waals surface area (Å²) >= 11 is 0. The molecule has 0 spiro atoms. The molecule has 0 saturated carbocycles. The number of nitrogens with zero attached hydrogens (tertiary/aromatic N) is 2. The molecule has 2 aromatic rings. The van der Waals surface area contributed by atoms with Gasteiger partial charge in [0.05, 0.1) is 5.52 Å². The van der Waals surface area contributed by atoms with Crippen LogP contribution in [0.15, 0.2) is 27.9 Å². The third kappa shape index (κ3) is 1.60. The molecule has 0 aliphatic rings. The highest BCUT2D eigenvalue weighted by Gasteiger charge is 2.13. The van der Waals surface area contributed by atoms with Crippen LogP contribution in [0, 0.1) is 13.8 Å². The summed E-state index contributed by atoms with van der Waals surface area (Å²) in [5.41, 5.74) is 1.82. The Morgan fingerprint density at radius 3 is 2.41 bits per heavy atom. The number of aryl methyl sites for hydroxylation is 2. The maximum Gasteiger partial charge on any atom is 0.335 e. The molecule has 0 fully saturated rings. The second kappa shape index (κ2) is 3.87. The minimum absolute atomic E-state index is 0.133. The maximum atomic E-state index is 12.2. The fourth-order valence-corrected chi connectivity index (χ4v) is 2.19. The highest BCUT2D eigenvalue weighted by molar-refractivity contribution is 5.58. The van der Waals surface area contributed by atoms with E-state index in [1.54, 1.807) is 17.5 Å². The van der Waals surface area contributed by atoms with Crippen molar-refractivity contribution in [1.82, 2.24) is 8.97 Å². The van der Waals surface area contributed by atoms with Crippen LogP contribution in [-0.2, 0) is 0 Å². The highest BCUT2D eigenvalue weighted by atomic mass is 16.2. The van der Waals surface area contributed by atoms with Crippen molar-refractivity contribution in [2.45, 2.75) is 33.7 Å². The number of fused-ring (bicyclic) bond motifs is 1. The molecule has 2 heterocycles. The Labute approximate surface area is 99.1 Å². The fraction of sp³-hybridized carbons (Fsp3) is 0.385. The van der Waals surface area contributed by atoms with Crippen molar-refractivity contribution < 1.29 is 0 Å². The SMILES string of the molecule is Cc1cccn2c(=O)n(C(C)C)c(=O)c(C)c12. The second-order valence-corrected chi connectivity index (χ2v) is 4.59.